The molecule has 24 heavy (non-hydrogen) atoms. The molecule has 0 saturated heterocycles. The molecule has 1 heterocycles. The molecule has 0 fully saturated rings. The van der Waals surface area contributed by atoms with Crippen LogP contribution in [0.5, 0.6) is 5.75 Å². The van der Waals surface area contributed by atoms with Crippen molar-refractivity contribution in [1.82, 2.24) is 10.4 Å². The highest BCUT2D eigenvalue weighted by atomic mass is 79.9. The highest BCUT2D eigenvalue weighted by Gasteiger charge is 2.10. The van der Waals surface area contributed by atoms with E-state index in [4.69, 9.17) is 4.74 Å². The third-order valence-corrected chi connectivity index (χ3v) is 4.17. The van der Waals surface area contributed by atoms with E-state index in [1.807, 2.05) is 43.3 Å². The minimum atomic E-state index is -0.294. The second-order valence-corrected chi connectivity index (χ2v) is 6.15. The highest BCUT2D eigenvalue weighted by molar-refractivity contribution is 9.10. The standard InChI is InChI=1S/C18H16BrN3O2/c1-11(21-22-18(23)16-9-12(19)10-20-16)13-7-8-17(24-2)15-6-4-3-5-14(13)15/h3-10,20H,1-2H3,(H,22,23)/b21-11-. The number of rotatable bonds is 4. The third-order valence-electron chi connectivity index (χ3n) is 3.71. The van der Waals surface area contributed by atoms with E-state index in [2.05, 4.69) is 31.4 Å². The highest BCUT2D eigenvalue weighted by Crippen LogP contribution is 2.28. The van der Waals surface area contributed by atoms with Crippen LogP contribution in [0.4, 0.5) is 0 Å². The summed E-state index contributed by atoms with van der Waals surface area (Å²) in [6.07, 6.45) is 1.70. The lowest BCUT2D eigenvalue weighted by Crippen LogP contribution is -2.19. The molecule has 6 heteroatoms. The van der Waals surface area contributed by atoms with Gasteiger partial charge in [-0.05, 0) is 46.4 Å². The molecular weight excluding hydrogens is 370 g/mol. The van der Waals surface area contributed by atoms with E-state index in [0.29, 0.717) is 11.4 Å². The number of nitrogens with zero attached hydrogens (tertiary/aromatic N) is 1. The van der Waals surface area contributed by atoms with Crippen LogP contribution >= 0.6 is 15.9 Å². The molecule has 0 atom stereocenters. The average Bonchev–Trinajstić information content (AvgIpc) is 3.05. The molecule has 0 aliphatic rings. The first kappa shape index (κ1) is 16.3. The van der Waals surface area contributed by atoms with Gasteiger partial charge in [0.2, 0.25) is 0 Å². The topological polar surface area (TPSA) is 66.5 Å². The Hall–Kier alpha value is -2.60. The van der Waals surface area contributed by atoms with E-state index < -0.39 is 0 Å². The summed E-state index contributed by atoms with van der Waals surface area (Å²) in [5.41, 5.74) is 4.67. The smallest absolute Gasteiger partial charge is 0.287 e. The molecule has 5 nitrogen and oxygen atoms in total. The number of halogens is 1. The van der Waals surface area contributed by atoms with Gasteiger partial charge in [-0.25, -0.2) is 5.43 Å². The first-order valence-corrected chi connectivity index (χ1v) is 8.14. The Morgan fingerprint density at radius 3 is 2.62 bits per heavy atom. The number of amides is 1. The predicted octanol–water partition coefficient (Wildman–Crippen LogP) is 4.09. The van der Waals surface area contributed by atoms with Crippen molar-refractivity contribution in [2.45, 2.75) is 6.92 Å². The Kier molecular flexibility index (Phi) is 4.66. The molecule has 3 aromatic rings. The zero-order valence-electron chi connectivity index (χ0n) is 13.3. The summed E-state index contributed by atoms with van der Waals surface area (Å²) in [6.45, 7) is 1.86. The minimum absolute atomic E-state index is 0.294. The number of hydrazone groups is 1. The fraction of sp³-hybridized carbons (Fsp3) is 0.111. The number of benzene rings is 2. The number of hydrogen-bond donors (Lipinski definition) is 2. The third kappa shape index (κ3) is 3.19. The van der Waals surface area contributed by atoms with Crippen LogP contribution in [0.2, 0.25) is 0 Å². The van der Waals surface area contributed by atoms with Crippen molar-refractivity contribution in [3.05, 3.63) is 64.4 Å². The Labute approximate surface area is 147 Å². The quantitative estimate of drug-likeness (QED) is 0.524. The molecular formula is C18H16BrN3O2. The molecule has 0 saturated carbocycles. The number of methoxy groups -OCH3 is 1. The predicted molar refractivity (Wildman–Crippen MR) is 98.7 cm³/mol. The van der Waals surface area contributed by atoms with Gasteiger partial charge in [-0.2, -0.15) is 5.10 Å². The molecule has 0 radical (unpaired) electrons. The Morgan fingerprint density at radius 1 is 1.21 bits per heavy atom. The fourth-order valence-electron chi connectivity index (χ4n) is 2.52. The maximum atomic E-state index is 12.1. The maximum absolute atomic E-state index is 12.1. The minimum Gasteiger partial charge on any atom is -0.496 e. The molecule has 2 N–H and O–H groups in total. The van der Waals surface area contributed by atoms with Gasteiger partial charge >= 0.3 is 0 Å². The normalized spacial score (nSPS) is 11.5. The lowest BCUT2D eigenvalue weighted by atomic mass is 10.0. The molecule has 0 unspecified atom stereocenters. The molecule has 0 aliphatic heterocycles. The van der Waals surface area contributed by atoms with Crippen molar-refractivity contribution in [1.29, 1.82) is 0 Å². The first-order valence-electron chi connectivity index (χ1n) is 7.35. The molecule has 1 amide bonds. The lowest BCUT2D eigenvalue weighted by Gasteiger charge is -2.10. The number of aromatic nitrogens is 1. The van der Waals surface area contributed by atoms with Crippen LogP contribution in [0.1, 0.15) is 23.0 Å². The lowest BCUT2D eigenvalue weighted by molar-refractivity contribution is 0.0950. The number of H-pyrrole nitrogens is 1. The SMILES string of the molecule is COc1ccc(/C(C)=N\NC(=O)c2cc(Br)c[nH]2)c2ccccc12. The summed E-state index contributed by atoms with van der Waals surface area (Å²) in [5.74, 6) is 0.514. The van der Waals surface area contributed by atoms with E-state index >= 15 is 0 Å². The summed E-state index contributed by atoms with van der Waals surface area (Å²) in [4.78, 5) is 14.9. The van der Waals surface area contributed by atoms with Crippen LogP contribution in [-0.4, -0.2) is 23.7 Å². The largest absolute Gasteiger partial charge is 0.496 e. The van der Waals surface area contributed by atoms with E-state index in [-0.39, 0.29) is 5.91 Å². The molecule has 0 bridgehead atoms. The Morgan fingerprint density at radius 2 is 1.96 bits per heavy atom. The van der Waals surface area contributed by atoms with Gasteiger partial charge in [0, 0.05) is 21.6 Å². The van der Waals surface area contributed by atoms with Gasteiger partial charge in [-0.3, -0.25) is 4.79 Å². The Bertz CT molecular complexity index is 931. The van der Waals surface area contributed by atoms with Gasteiger partial charge < -0.3 is 9.72 Å². The second-order valence-electron chi connectivity index (χ2n) is 5.23. The zero-order valence-corrected chi connectivity index (χ0v) is 14.8. The molecule has 0 aliphatic carbocycles. The maximum Gasteiger partial charge on any atom is 0.287 e. The monoisotopic (exact) mass is 385 g/mol. The van der Waals surface area contributed by atoms with Gasteiger partial charge in [0.1, 0.15) is 11.4 Å². The zero-order chi connectivity index (χ0) is 17.1. The van der Waals surface area contributed by atoms with Crippen LogP contribution in [0.25, 0.3) is 10.8 Å². The van der Waals surface area contributed by atoms with Crippen LogP contribution in [-0.2, 0) is 0 Å². The van der Waals surface area contributed by atoms with E-state index in [1.165, 1.54) is 0 Å². The first-order chi connectivity index (χ1) is 11.6. The molecule has 122 valence electrons. The van der Waals surface area contributed by atoms with Crippen molar-refractivity contribution in [2.24, 2.45) is 5.10 Å². The summed E-state index contributed by atoms with van der Waals surface area (Å²) in [7, 11) is 1.65. The second kappa shape index (κ2) is 6.88. The van der Waals surface area contributed by atoms with Gasteiger partial charge in [0.05, 0.1) is 12.8 Å². The van der Waals surface area contributed by atoms with Crippen LogP contribution in [0.3, 0.4) is 0 Å². The number of aromatic amines is 1. The molecule has 3 rings (SSSR count). The van der Waals surface area contributed by atoms with Crippen molar-refractivity contribution in [3.63, 3.8) is 0 Å². The van der Waals surface area contributed by atoms with E-state index in [1.54, 1.807) is 19.4 Å². The van der Waals surface area contributed by atoms with Crippen LogP contribution in [0, 0.1) is 0 Å². The number of carbonyl (C=O) groups is 1. The van der Waals surface area contributed by atoms with Crippen LogP contribution in [0.15, 0.2) is 58.2 Å². The Balaban J connectivity index is 1.91. The summed E-state index contributed by atoms with van der Waals surface area (Å²) < 4.78 is 6.22. The summed E-state index contributed by atoms with van der Waals surface area (Å²) in [5, 5.41) is 6.26. The molecule has 2 aromatic carbocycles. The van der Waals surface area contributed by atoms with Crippen molar-refractivity contribution in [3.8, 4) is 5.75 Å². The van der Waals surface area contributed by atoms with Crippen LogP contribution < -0.4 is 10.2 Å². The molecule has 0 spiro atoms. The van der Waals surface area contributed by atoms with Crippen molar-refractivity contribution < 1.29 is 9.53 Å². The van der Waals surface area contributed by atoms with Gasteiger partial charge in [0.15, 0.2) is 0 Å². The summed E-state index contributed by atoms with van der Waals surface area (Å²) in [6, 6.07) is 13.5. The number of ether oxygens (including phenoxy) is 1. The number of hydrogen-bond acceptors (Lipinski definition) is 3. The van der Waals surface area contributed by atoms with Gasteiger partial charge in [-0.1, -0.05) is 24.3 Å². The number of carbonyl (C=O) groups excluding carboxylic acids is 1. The van der Waals surface area contributed by atoms with Crippen molar-refractivity contribution in [2.75, 3.05) is 7.11 Å². The van der Waals surface area contributed by atoms with Gasteiger partial charge in [-0.15, -0.1) is 0 Å². The summed E-state index contributed by atoms with van der Waals surface area (Å²) >= 11 is 3.30. The number of nitrogens with one attached hydrogen (secondary N) is 2. The van der Waals surface area contributed by atoms with Gasteiger partial charge in [0.25, 0.3) is 5.91 Å². The molecule has 1 aromatic heterocycles. The number of fused-ring (bicyclic) bond motifs is 1. The average molecular weight is 386 g/mol. The fourth-order valence-corrected chi connectivity index (χ4v) is 2.86. The van der Waals surface area contributed by atoms with E-state index in [9.17, 15) is 4.79 Å². The van der Waals surface area contributed by atoms with Crippen molar-refractivity contribution >= 4 is 38.3 Å². The van der Waals surface area contributed by atoms with E-state index in [0.717, 1.165) is 26.6 Å².